The molecule has 112 valence electrons. The smallest absolute Gasteiger partial charge is 0.269 e. The first-order valence-electron chi connectivity index (χ1n) is 6.92. The van der Waals surface area contributed by atoms with Crippen LogP contribution in [0.25, 0.3) is 0 Å². The summed E-state index contributed by atoms with van der Waals surface area (Å²) in [5.41, 5.74) is -0.462. The van der Waals surface area contributed by atoms with Gasteiger partial charge in [-0.05, 0) is 19.1 Å². The van der Waals surface area contributed by atoms with Crippen molar-refractivity contribution in [3.8, 4) is 0 Å². The van der Waals surface area contributed by atoms with Gasteiger partial charge in [-0.15, -0.1) is 0 Å². The predicted octanol–water partition coefficient (Wildman–Crippen LogP) is 1.43. The molecule has 2 bridgehead atoms. The summed E-state index contributed by atoms with van der Waals surface area (Å²) in [6.07, 6.45) is 3.30. The first-order valence-corrected chi connectivity index (χ1v) is 6.92. The number of hydrogen-bond donors (Lipinski definition) is 0. The fourth-order valence-electron chi connectivity index (χ4n) is 3.63. The predicted molar refractivity (Wildman–Crippen MR) is 75.0 cm³/mol. The molecular formula is C15H12N2O5. The highest BCUT2D eigenvalue weighted by Gasteiger charge is 2.66. The second-order valence-corrected chi connectivity index (χ2v) is 5.91. The average molecular weight is 300 g/mol. The molecule has 0 saturated carbocycles. The van der Waals surface area contributed by atoms with Gasteiger partial charge in [-0.1, -0.05) is 12.2 Å². The second-order valence-electron chi connectivity index (χ2n) is 5.91. The number of carbonyl (C=O) groups excluding carboxylic acids is 2. The summed E-state index contributed by atoms with van der Waals surface area (Å²) < 4.78 is 5.73. The molecule has 7 nitrogen and oxygen atoms in total. The number of fused-ring (bicyclic) bond motifs is 5. The van der Waals surface area contributed by atoms with Crippen LogP contribution in [0.2, 0.25) is 0 Å². The number of rotatable bonds is 2. The molecule has 3 aliphatic rings. The summed E-state index contributed by atoms with van der Waals surface area (Å²) in [4.78, 5) is 36.6. The zero-order valence-electron chi connectivity index (χ0n) is 11.6. The number of ether oxygens (including phenoxy) is 1. The number of nitrogens with zero attached hydrogens (tertiary/aromatic N) is 2. The Hall–Kier alpha value is -2.54. The van der Waals surface area contributed by atoms with Crippen LogP contribution in [-0.4, -0.2) is 28.4 Å². The van der Waals surface area contributed by atoms with E-state index in [4.69, 9.17) is 4.74 Å². The van der Waals surface area contributed by atoms with Gasteiger partial charge >= 0.3 is 0 Å². The molecule has 3 aliphatic heterocycles. The number of nitro groups is 1. The summed E-state index contributed by atoms with van der Waals surface area (Å²) >= 11 is 0. The standard InChI is InChI=1S/C15H12N2O5/c1-15-7-6-10(22-15)11-12(15)14(19)16(13(11)18)8-2-4-9(5-3-8)17(20)21/h2-7,10-12H,1H3/t10-,11-,12+,15+/m1/s1. The van der Waals surface area contributed by atoms with Crippen LogP contribution in [-0.2, 0) is 14.3 Å². The van der Waals surface area contributed by atoms with E-state index in [0.29, 0.717) is 5.69 Å². The average Bonchev–Trinajstić information content (AvgIpc) is 3.08. The molecular weight excluding hydrogens is 288 g/mol. The minimum Gasteiger partial charge on any atom is -0.362 e. The maximum absolute atomic E-state index is 12.7. The first-order chi connectivity index (χ1) is 10.4. The topological polar surface area (TPSA) is 89.8 Å². The second kappa shape index (κ2) is 4.01. The molecule has 0 spiro atoms. The van der Waals surface area contributed by atoms with Gasteiger partial charge in [0.15, 0.2) is 0 Å². The van der Waals surface area contributed by atoms with Gasteiger partial charge in [0.25, 0.3) is 5.69 Å². The highest BCUT2D eigenvalue weighted by atomic mass is 16.6. The van der Waals surface area contributed by atoms with Crippen molar-refractivity contribution >= 4 is 23.2 Å². The molecule has 0 radical (unpaired) electrons. The number of anilines is 1. The third kappa shape index (κ3) is 1.48. The van der Waals surface area contributed by atoms with Gasteiger partial charge in [-0.2, -0.15) is 0 Å². The van der Waals surface area contributed by atoms with Crippen LogP contribution in [0.15, 0.2) is 36.4 Å². The van der Waals surface area contributed by atoms with Crippen LogP contribution >= 0.6 is 0 Å². The van der Waals surface area contributed by atoms with Crippen molar-refractivity contribution in [1.82, 2.24) is 0 Å². The van der Waals surface area contributed by atoms with E-state index in [1.54, 1.807) is 6.92 Å². The first kappa shape index (κ1) is 13.1. The summed E-state index contributed by atoms with van der Waals surface area (Å²) in [5, 5.41) is 10.7. The van der Waals surface area contributed by atoms with Gasteiger partial charge < -0.3 is 4.74 Å². The van der Waals surface area contributed by atoms with E-state index in [-0.39, 0.29) is 23.6 Å². The minimum atomic E-state index is -0.738. The molecule has 22 heavy (non-hydrogen) atoms. The van der Waals surface area contributed by atoms with Gasteiger partial charge in [0.05, 0.1) is 34.2 Å². The number of non-ortho nitro benzene ring substituents is 1. The lowest BCUT2D eigenvalue weighted by molar-refractivity contribution is -0.384. The van der Waals surface area contributed by atoms with E-state index in [9.17, 15) is 19.7 Å². The monoisotopic (exact) mass is 300 g/mol. The van der Waals surface area contributed by atoms with Gasteiger partial charge in [0.1, 0.15) is 0 Å². The Balaban J connectivity index is 1.71. The normalized spacial score (nSPS) is 35.3. The highest BCUT2D eigenvalue weighted by molar-refractivity contribution is 6.23. The Kier molecular flexibility index (Phi) is 2.40. The third-order valence-corrected chi connectivity index (χ3v) is 4.65. The lowest BCUT2D eigenvalue weighted by Gasteiger charge is -2.24. The SMILES string of the molecule is C[C@@]12C=C[C@@H](O1)[C@H]1C(=O)N(c3ccc([N+](=O)[O-])cc3)C(=O)[C@H]12. The van der Waals surface area contributed by atoms with Crippen molar-refractivity contribution in [3.05, 3.63) is 46.5 Å². The van der Waals surface area contributed by atoms with E-state index in [1.165, 1.54) is 24.3 Å². The minimum absolute atomic E-state index is 0.0833. The quantitative estimate of drug-likeness (QED) is 0.357. The molecule has 0 unspecified atom stereocenters. The van der Waals surface area contributed by atoms with Crippen LogP contribution in [0.1, 0.15) is 6.92 Å². The summed E-state index contributed by atoms with van der Waals surface area (Å²) in [6, 6.07) is 5.42. The summed E-state index contributed by atoms with van der Waals surface area (Å²) in [6.45, 7) is 1.80. The molecule has 7 heteroatoms. The number of benzene rings is 1. The molecule has 4 atom stereocenters. The molecule has 2 amide bonds. The molecule has 0 aliphatic carbocycles. The maximum Gasteiger partial charge on any atom is 0.269 e. The van der Waals surface area contributed by atoms with E-state index in [0.717, 1.165) is 4.90 Å². The molecule has 2 saturated heterocycles. The number of imide groups is 1. The van der Waals surface area contributed by atoms with Crippen molar-refractivity contribution < 1.29 is 19.2 Å². The van der Waals surface area contributed by atoms with Crippen molar-refractivity contribution in [3.63, 3.8) is 0 Å². The van der Waals surface area contributed by atoms with Crippen molar-refractivity contribution in [1.29, 1.82) is 0 Å². The number of nitro benzene ring substituents is 1. The highest BCUT2D eigenvalue weighted by Crippen LogP contribution is 2.52. The van der Waals surface area contributed by atoms with Gasteiger partial charge in [-0.3, -0.25) is 19.7 Å². The number of carbonyl (C=O) groups is 2. The lowest BCUT2D eigenvalue weighted by Crippen LogP contribution is -2.38. The third-order valence-electron chi connectivity index (χ3n) is 4.65. The zero-order chi connectivity index (χ0) is 15.6. The summed E-state index contributed by atoms with van der Waals surface area (Å²) in [5.74, 6) is -1.64. The molecule has 0 aromatic heterocycles. The van der Waals surface area contributed by atoms with Gasteiger partial charge in [0.2, 0.25) is 11.8 Å². The van der Waals surface area contributed by atoms with Crippen LogP contribution < -0.4 is 4.90 Å². The zero-order valence-corrected chi connectivity index (χ0v) is 11.6. The Morgan fingerprint density at radius 1 is 1.23 bits per heavy atom. The fraction of sp³-hybridized carbons (Fsp3) is 0.333. The maximum atomic E-state index is 12.7. The molecule has 2 fully saturated rings. The van der Waals surface area contributed by atoms with Crippen LogP contribution in [0, 0.1) is 22.0 Å². The van der Waals surface area contributed by atoms with Crippen molar-refractivity contribution in [2.24, 2.45) is 11.8 Å². The Labute approximate surface area is 125 Å². The summed E-state index contributed by atoms with van der Waals surface area (Å²) in [7, 11) is 0. The molecule has 3 heterocycles. The number of hydrogen-bond acceptors (Lipinski definition) is 5. The molecule has 1 aromatic carbocycles. The van der Waals surface area contributed by atoms with Crippen molar-refractivity contribution in [2.75, 3.05) is 4.90 Å². The van der Waals surface area contributed by atoms with Gasteiger partial charge in [-0.25, -0.2) is 4.90 Å². The Morgan fingerprint density at radius 2 is 1.91 bits per heavy atom. The Morgan fingerprint density at radius 3 is 2.50 bits per heavy atom. The fourth-order valence-corrected chi connectivity index (χ4v) is 3.63. The van der Waals surface area contributed by atoms with Crippen LogP contribution in [0.5, 0.6) is 0 Å². The van der Waals surface area contributed by atoms with E-state index in [2.05, 4.69) is 0 Å². The molecule has 4 rings (SSSR count). The van der Waals surface area contributed by atoms with E-state index < -0.39 is 22.4 Å². The molecule has 1 aromatic rings. The van der Waals surface area contributed by atoms with E-state index in [1.807, 2.05) is 12.2 Å². The van der Waals surface area contributed by atoms with Crippen LogP contribution in [0.4, 0.5) is 11.4 Å². The number of amides is 2. The lowest BCUT2D eigenvalue weighted by atomic mass is 9.78. The van der Waals surface area contributed by atoms with Crippen LogP contribution in [0.3, 0.4) is 0 Å². The van der Waals surface area contributed by atoms with Gasteiger partial charge in [0, 0.05) is 12.1 Å². The largest absolute Gasteiger partial charge is 0.362 e. The molecule has 0 N–H and O–H groups in total. The van der Waals surface area contributed by atoms with E-state index >= 15 is 0 Å². The van der Waals surface area contributed by atoms with Crippen molar-refractivity contribution in [2.45, 2.75) is 18.6 Å². The Bertz CT molecular complexity index is 741.